The Kier molecular flexibility index (Phi) is 5.41. The van der Waals surface area contributed by atoms with Gasteiger partial charge >= 0.3 is 6.09 Å². The van der Waals surface area contributed by atoms with E-state index in [1.165, 1.54) is 22.7 Å². The SMILES string of the molecule is CCOC(=O)Nc1nc(CC(=O)Nc2nc(-c3ccco3)cs2)cs1. The molecule has 0 aliphatic carbocycles. The molecular weight excluding hydrogens is 364 g/mol. The number of ether oxygens (including phenoxy) is 1. The van der Waals surface area contributed by atoms with Crippen LogP contribution in [0.5, 0.6) is 0 Å². The van der Waals surface area contributed by atoms with Crippen LogP contribution < -0.4 is 10.6 Å². The Hall–Kier alpha value is -2.72. The molecule has 3 aromatic heterocycles. The summed E-state index contributed by atoms with van der Waals surface area (Å²) in [6.45, 7) is 1.99. The van der Waals surface area contributed by atoms with Gasteiger partial charge in [-0.05, 0) is 19.1 Å². The lowest BCUT2D eigenvalue weighted by molar-refractivity contribution is -0.115. The van der Waals surface area contributed by atoms with Crippen molar-refractivity contribution in [2.45, 2.75) is 13.3 Å². The fourth-order valence-corrected chi connectivity index (χ4v) is 3.31. The smallest absolute Gasteiger partial charge is 0.413 e. The Morgan fingerprint density at radius 1 is 1.20 bits per heavy atom. The molecule has 25 heavy (non-hydrogen) atoms. The van der Waals surface area contributed by atoms with Crippen molar-refractivity contribution in [3.63, 3.8) is 0 Å². The molecule has 3 rings (SSSR count). The fraction of sp³-hybridized carbons (Fsp3) is 0.200. The van der Waals surface area contributed by atoms with Crippen molar-refractivity contribution >= 4 is 44.9 Å². The van der Waals surface area contributed by atoms with Crippen molar-refractivity contribution in [1.29, 1.82) is 0 Å². The van der Waals surface area contributed by atoms with Gasteiger partial charge in [-0.15, -0.1) is 22.7 Å². The topological polar surface area (TPSA) is 106 Å². The van der Waals surface area contributed by atoms with Crippen LogP contribution in [-0.2, 0) is 16.0 Å². The Morgan fingerprint density at radius 3 is 2.76 bits per heavy atom. The minimum absolute atomic E-state index is 0.0800. The van der Waals surface area contributed by atoms with Crippen LogP contribution in [0.4, 0.5) is 15.1 Å². The number of aromatic nitrogens is 2. The summed E-state index contributed by atoms with van der Waals surface area (Å²) >= 11 is 2.54. The summed E-state index contributed by atoms with van der Waals surface area (Å²) in [5.41, 5.74) is 1.22. The van der Waals surface area contributed by atoms with Gasteiger partial charge in [0.1, 0.15) is 5.69 Å². The van der Waals surface area contributed by atoms with Crippen molar-refractivity contribution < 1.29 is 18.7 Å². The summed E-state index contributed by atoms with van der Waals surface area (Å²) < 4.78 is 10.0. The average molecular weight is 378 g/mol. The summed E-state index contributed by atoms with van der Waals surface area (Å²) in [5.74, 6) is 0.402. The van der Waals surface area contributed by atoms with Crippen LogP contribution in [-0.4, -0.2) is 28.6 Å². The third-order valence-corrected chi connectivity index (χ3v) is 4.47. The van der Waals surface area contributed by atoms with E-state index in [-0.39, 0.29) is 18.9 Å². The van der Waals surface area contributed by atoms with E-state index in [4.69, 9.17) is 9.15 Å². The molecule has 0 aliphatic heterocycles. The molecule has 3 aromatic rings. The van der Waals surface area contributed by atoms with Gasteiger partial charge in [-0.25, -0.2) is 14.8 Å². The first-order valence-electron chi connectivity index (χ1n) is 7.31. The standard InChI is InChI=1S/C15H14N4O4S2/c1-2-22-15(21)19-13-16-9(7-24-13)6-12(20)18-14-17-10(8-25-14)11-4-3-5-23-11/h3-5,7-8H,2,6H2,1H3,(H,16,19,21)(H,17,18,20). The molecule has 0 spiro atoms. The highest BCUT2D eigenvalue weighted by molar-refractivity contribution is 7.14. The lowest BCUT2D eigenvalue weighted by Gasteiger charge is -2.01. The van der Waals surface area contributed by atoms with Gasteiger partial charge in [-0.3, -0.25) is 10.1 Å². The van der Waals surface area contributed by atoms with Gasteiger partial charge in [-0.1, -0.05) is 0 Å². The molecule has 8 nitrogen and oxygen atoms in total. The number of hydrogen-bond donors (Lipinski definition) is 2. The van der Waals surface area contributed by atoms with E-state index in [1.807, 2.05) is 0 Å². The molecule has 0 saturated heterocycles. The van der Waals surface area contributed by atoms with Crippen LogP contribution in [0.3, 0.4) is 0 Å². The fourth-order valence-electron chi connectivity index (χ4n) is 1.90. The molecule has 0 bridgehead atoms. The average Bonchev–Trinajstić information content (AvgIpc) is 3.29. The van der Waals surface area contributed by atoms with Crippen LogP contribution in [0, 0.1) is 0 Å². The van der Waals surface area contributed by atoms with E-state index >= 15 is 0 Å². The maximum atomic E-state index is 12.1. The quantitative estimate of drug-likeness (QED) is 0.679. The van der Waals surface area contributed by atoms with Crippen molar-refractivity contribution in [2.75, 3.05) is 17.2 Å². The highest BCUT2D eigenvalue weighted by Gasteiger charge is 2.13. The lowest BCUT2D eigenvalue weighted by atomic mass is 10.3. The van der Waals surface area contributed by atoms with Crippen LogP contribution >= 0.6 is 22.7 Å². The lowest BCUT2D eigenvalue weighted by Crippen LogP contribution is -2.15. The molecule has 0 atom stereocenters. The van der Waals surface area contributed by atoms with Gasteiger partial charge < -0.3 is 14.5 Å². The van der Waals surface area contributed by atoms with Crippen molar-refractivity contribution in [2.24, 2.45) is 0 Å². The Labute approximate surface area is 150 Å². The second kappa shape index (κ2) is 7.90. The summed E-state index contributed by atoms with van der Waals surface area (Å²) in [6.07, 6.45) is 1.08. The van der Waals surface area contributed by atoms with Crippen LogP contribution in [0.2, 0.25) is 0 Å². The van der Waals surface area contributed by atoms with Gasteiger partial charge in [0.05, 0.1) is 25.0 Å². The largest absolute Gasteiger partial charge is 0.463 e. The summed E-state index contributed by atoms with van der Waals surface area (Å²) in [4.78, 5) is 31.9. The van der Waals surface area contributed by atoms with E-state index in [9.17, 15) is 9.59 Å². The van der Waals surface area contributed by atoms with E-state index in [0.717, 1.165) is 0 Å². The first-order chi connectivity index (χ1) is 12.1. The predicted octanol–water partition coefficient (Wildman–Crippen LogP) is 3.61. The first kappa shape index (κ1) is 17.1. The predicted molar refractivity (Wildman–Crippen MR) is 94.9 cm³/mol. The second-order valence-corrected chi connectivity index (χ2v) is 6.45. The van der Waals surface area contributed by atoms with Crippen molar-refractivity contribution in [1.82, 2.24) is 9.97 Å². The molecule has 130 valence electrons. The third kappa shape index (κ3) is 4.64. The van der Waals surface area contributed by atoms with Crippen molar-refractivity contribution in [3.8, 4) is 11.5 Å². The number of amides is 2. The second-order valence-electron chi connectivity index (χ2n) is 4.73. The number of nitrogens with one attached hydrogen (secondary N) is 2. The zero-order chi connectivity index (χ0) is 17.6. The highest BCUT2D eigenvalue weighted by Crippen LogP contribution is 2.25. The molecule has 3 heterocycles. The maximum absolute atomic E-state index is 12.1. The van der Waals surface area contributed by atoms with Gasteiger partial charge in [0.15, 0.2) is 16.0 Å². The van der Waals surface area contributed by atoms with Crippen molar-refractivity contribution in [3.05, 3.63) is 34.8 Å². The number of nitrogens with zero attached hydrogens (tertiary/aromatic N) is 2. The molecular formula is C15H14N4O4S2. The molecule has 0 aliphatic rings. The van der Waals surface area contributed by atoms with Crippen LogP contribution in [0.15, 0.2) is 33.6 Å². The number of hydrogen-bond acceptors (Lipinski definition) is 8. The molecule has 0 saturated carbocycles. The zero-order valence-electron chi connectivity index (χ0n) is 13.1. The van der Waals surface area contributed by atoms with E-state index in [0.29, 0.717) is 27.4 Å². The van der Waals surface area contributed by atoms with E-state index in [2.05, 4.69) is 20.6 Å². The Bertz CT molecular complexity index is 857. The van der Waals surface area contributed by atoms with Crippen LogP contribution in [0.1, 0.15) is 12.6 Å². The van der Waals surface area contributed by atoms with Gasteiger partial charge in [0, 0.05) is 10.8 Å². The Balaban J connectivity index is 1.54. The number of carbonyl (C=O) groups is 2. The molecule has 0 radical (unpaired) electrons. The van der Waals surface area contributed by atoms with Gasteiger partial charge in [0.2, 0.25) is 5.91 Å². The number of carbonyl (C=O) groups excluding carboxylic acids is 2. The number of furan rings is 1. The Morgan fingerprint density at radius 2 is 2.00 bits per heavy atom. The van der Waals surface area contributed by atoms with E-state index < -0.39 is 6.09 Å². The summed E-state index contributed by atoms with van der Waals surface area (Å²) in [6, 6.07) is 3.57. The number of thiazole rings is 2. The van der Waals surface area contributed by atoms with Gasteiger partial charge in [-0.2, -0.15) is 0 Å². The van der Waals surface area contributed by atoms with Crippen LogP contribution in [0.25, 0.3) is 11.5 Å². The molecule has 0 aromatic carbocycles. The summed E-state index contributed by atoms with van der Waals surface area (Å²) in [5, 5.41) is 9.60. The summed E-state index contributed by atoms with van der Waals surface area (Å²) in [7, 11) is 0. The molecule has 0 fully saturated rings. The maximum Gasteiger partial charge on any atom is 0.413 e. The molecule has 0 unspecified atom stereocenters. The molecule has 10 heteroatoms. The molecule has 2 N–H and O–H groups in total. The third-order valence-electron chi connectivity index (χ3n) is 2.90. The van der Waals surface area contributed by atoms with Gasteiger partial charge in [0.25, 0.3) is 0 Å². The highest BCUT2D eigenvalue weighted by atomic mass is 32.1. The zero-order valence-corrected chi connectivity index (χ0v) is 14.8. The number of rotatable bonds is 6. The number of anilines is 2. The first-order valence-corrected chi connectivity index (χ1v) is 9.07. The van der Waals surface area contributed by atoms with E-state index in [1.54, 1.807) is 36.1 Å². The normalized spacial score (nSPS) is 10.4. The monoisotopic (exact) mass is 378 g/mol. The minimum Gasteiger partial charge on any atom is -0.463 e. The minimum atomic E-state index is -0.568. The molecule has 2 amide bonds.